The largest absolute Gasteiger partial charge is 0.376 e. The Kier molecular flexibility index (Phi) is 3.63. The first-order chi connectivity index (χ1) is 8.78. The molecule has 2 N–H and O–H groups in total. The Bertz CT molecular complexity index is 291. The first-order valence-electron chi connectivity index (χ1n) is 7.57. The molecule has 0 aromatic rings. The van der Waals surface area contributed by atoms with E-state index in [0.717, 1.165) is 38.6 Å². The van der Waals surface area contributed by atoms with Gasteiger partial charge in [-0.2, -0.15) is 0 Å². The zero-order chi connectivity index (χ0) is 12.6. The lowest BCUT2D eigenvalue weighted by Crippen LogP contribution is -2.72. The lowest BCUT2D eigenvalue weighted by atomic mass is 9.71. The van der Waals surface area contributed by atoms with Crippen LogP contribution in [0.4, 0.5) is 0 Å². The Morgan fingerprint density at radius 3 is 2.61 bits per heavy atom. The summed E-state index contributed by atoms with van der Waals surface area (Å²) in [4.78, 5) is 5.28. The number of nitrogens with zero attached hydrogens (tertiary/aromatic N) is 2. The molecule has 0 aromatic carbocycles. The van der Waals surface area contributed by atoms with Crippen LogP contribution in [0.15, 0.2) is 0 Å². The Balaban J connectivity index is 1.78. The molecule has 2 bridgehead atoms. The zero-order valence-corrected chi connectivity index (χ0v) is 11.6. The monoisotopic (exact) mass is 253 g/mol. The van der Waals surface area contributed by atoms with Gasteiger partial charge in [0.15, 0.2) is 0 Å². The fourth-order valence-electron chi connectivity index (χ4n) is 4.23. The molecule has 2 atom stereocenters. The van der Waals surface area contributed by atoms with Crippen LogP contribution in [0.5, 0.6) is 0 Å². The van der Waals surface area contributed by atoms with E-state index in [2.05, 4.69) is 16.7 Å². The first kappa shape index (κ1) is 12.9. The maximum absolute atomic E-state index is 6.23. The predicted molar refractivity (Wildman–Crippen MR) is 72.6 cm³/mol. The number of piperidine rings is 3. The lowest BCUT2D eigenvalue weighted by Gasteiger charge is -2.59. The number of hydrogen-bond donors (Lipinski definition) is 1. The molecule has 4 heterocycles. The minimum atomic E-state index is 0.244. The van der Waals surface area contributed by atoms with E-state index in [1.165, 1.54) is 32.5 Å². The summed E-state index contributed by atoms with van der Waals surface area (Å²) in [5, 5.41) is 0. The second-order valence-corrected chi connectivity index (χ2v) is 6.21. The minimum absolute atomic E-state index is 0.244. The standard InChI is InChI=1S/C14H27N3O/c1-2-13-9-17(7-8-18-13)14(10-15)11-16-5-3-12(14)4-6-16/h12-13H,2-11,15H2,1H3. The van der Waals surface area contributed by atoms with Crippen molar-refractivity contribution >= 4 is 0 Å². The number of ether oxygens (including phenoxy) is 1. The van der Waals surface area contributed by atoms with Crippen LogP contribution in [-0.4, -0.2) is 67.3 Å². The highest BCUT2D eigenvalue weighted by Crippen LogP contribution is 2.39. The van der Waals surface area contributed by atoms with Crippen molar-refractivity contribution in [2.24, 2.45) is 11.7 Å². The maximum Gasteiger partial charge on any atom is 0.0700 e. The summed E-state index contributed by atoms with van der Waals surface area (Å²) < 4.78 is 5.82. The number of hydrogen-bond acceptors (Lipinski definition) is 4. The topological polar surface area (TPSA) is 41.7 Å². The number of rotatable bonds is 3. The summed E-state index contributed by atoms with van der Waals surface area (Å²) in [5.41, 5.74) is 6.48. The fourth-order valence-corrected chi connectivity index (χ4v) is 4.23. The van der Waals surface area contributed by atoms with Gasteiger partial charge in [0.1, 0.15) is 0 Å². The molecule has 2 unspecified atom stereocenters. The molecule has 0 aliphatic carbocycles. The highest BCUT2D eigenvalue weighted by atomic mass is 16.5. The molecule has 4 aliphatic heterocycles. The van der Waals surface area contributed by atoms with E-state index in [9.17, 15) is 0 Å². The maximum atomic E-state index is 6.23. The van der Waals surface area contributed by atoms with Crippen molar-refractivity contribution in [3.05, 3.63) is 0 Å². The molecule has 104 valence electrons. The van der Waals surface area contributed by atoms with Crippen LogP contribution in [0, 0.1) is 5.92 Å². The SMILES string of the molecule is CCC1CN(C2(CN)CN3CCC2CC3)CCO1. The number of morpholine rings is 1. The minimum Gasteiger partial charge on any atom is -0.376 e. The van der Waals surface area contributed by atoms with Gasteiger partial charge >= 0.3 is 0 Å². The molecule has 0 aromatic heterocycles. The van der Waals surface area contributed by atoms with Crippen LogP contribution in [0.1, 0.15) is 26.2 Å². The van der Waals surface area contributed by atoms with Gasteiger partial charge in [-0.1, -0.05) is 6.92 Å². The second-order valence-electron chi connectivity index (χ2n) is 6.21. The summed E-state index contributed by atoms with van der Waals surface area (Å²) in [7, 11) is 0. The Labute approximate surface area is 110 Å². The average Bonchev–Trinajstić information content (AvgIpc) is 2.48. The Morgan fingerprint density at radius 2 is 2.06 bits per heavy atom. The van der Waals surface area contributed by atoms with Crippen molar-refractivity contribution in [2.75, 3.05) is 45.9 Å². The highest BCUT2D eigenvalue weighted by molar-refractivity contribution is 5.06. The molecule has 18 heavy (non-hydrogen) atoms. The van der Waals surface area contributed by atoms with Gasteiger partial charge in [0.05, 0.1) is 12.7 Å². The van der Waals surface area contributed by atoms with E-state index in [4.69, 9.17) is 10.5 Å². The van der Waals surface area contributed by atoms with Crippen LogP contribution >= 0.6 is 0 Å². The summed E-state index contributed by atoms with van der Waals surface area (Å²) in [5.74, 6) is 0.808. The molecule has 0 saturated carbocycles. The summed E-state index contributed by atoms with van der Waals surface area (Å²) in [6, 6.07) is 0. The molecule has 0 spiro atoms. The van der Waals surface area contributed by atoms with Gasteiger partial charge in [0.2, 0.25) is 0 Å². The van der Waals surface area contributed by atoms with Crippen molar-refractivity contribution in [2.45, 2.75) is 37.8 Å². The summed E-state index contributed by atoms with van der Waals surface area (Å²) in [6.45, 7) is 9.82. The van der Waals surface area contributed by atoms with Crippen molar-refractivity contribution in [1.82, 2.24) is 9.80 Å². The molecular formula is C14H27N3O. The Morgan fingerprint density at radius 1 is 1.28 bits per heavy atom. The third kappa shape index (κ3) is 1.99. The molecule has 4 saturated heterocycles. The molecule has 4 nitrogen and oxygen atoms in total. The van der Waals surface area contributed by atoms with E-state index in [1.54, 1.807) is 0 Å². The third-order valence-corrected chi connectivity index (χ3v) is 5.42. The molecular weight excluding hydrogens is 226 g/mol. The van der Waals surface area contributed by atoms with Gasteiger partial charge in [0.25, 0.3) is 0 Å². The van der Waals surface area contributed by atoms with Crippen molar-refractivity contribution < 1.29 is 4.74 Å². The highest BCUT2D eigenvalue weighted by Gasteiger charge is 2.50. The van der Waals surface area contributed by atoms with E-state index in [0.29, 0.717) is 6.10 Å². The van der Waals surface area contributed by atoms with Gasteiger partial charge in [-0.05, 0) is 38.3 Å². The van der Waals surface area contributed by atoms with Crippen molar-refractivity contribution in [1.29, 1.82) is 0 Å². The second kappa shape index (κ2) is 5.08. The van der Waals surface area contributed by atoms with Crippen LogP contribution in [-0.2, 0) is 4.74 Å². The van der Waals surface area contributed by atoms with E-state index in [1.807, 2.05) is 0 Å². The summed E-state index contributed by atoms with van der Waals surface area (Å²) >= 11 is 0. The zero-order valence-electron chi connectivity index (χ0n) is 11.6. The van der Waals surface area contributed by atoms with Gasteiger partial charge in [-0.15, -0.1) is 0 Å². The van der Waals surface area contributed by atoms with Gasteiger partial charge in [0, 0.05) is 31.7 Å². The van der Waals surface area contributed by atoms with Crippen LogP contribution in [0.2, 0.25) is 0 Å². The quantitative estimate of drug-likeness (QED) is 0.796. The van der Waals surface area contributed by atoms with Crippen molar-refractivity contribution in [3.63, 3.8) is 0 Å². The van der Waals surface area contributed by atoms with Gasteiger partial charge < -0.3 is 15.4 Å². The normalized spacial score (nSPS) is 45.3. The number of nitrogens with two attached hydrogens (primary N) is 1. The predicted octanol–water partition coefficient (Wildman–Crippen LogP) is 0.520. The van der Waals surface area contributed by atoms with Gasteiger partial charge in [-0.3, -0.25) is 4.90 Å². The van der Waals surface area contributed by atoms with E-state index in [-0.39, 0.29) is 5.54 Å². The third-order valence-electron chi connectivity index (χ3n) is 5.42. The summed E-state index contributed by atoms with van der Waals surface area (Å²) in [6.07, 6.45) is 4.21. The fraction of sp³-hybridized carbons (Fsp3) is 1.00. The van der Waals surface area contributed by atoms with Gasteiger partial charge in [-0.25, -0.2) is 0 Å². The smallest absolute Gasteiger partial charge is 0.0700 e. The van der Waals surface area contributed by atoms with Crippen LogP contribution in [0.3, 0.4) is 0 Å². The molecule has 0 amide bonds. The average molecular weight is 253 g/mol. The molecule has 4 fully saturated rings. The van der Waals surface area contributed by atoms with Crippen LogP contribution < -0.4 is 5.73 Å². The molecule has 4 aliphatic rings. The molecule has 4 heteroatoms. The van der Waals surface area contributed by atoms with Crippen molar-refractivity contribution in [3.8, 4) is 0 Å². The lowest BCUT2D eigenvalue weighted by molar-refractivity contribution is -0.123. The Hall–Kier alpha value is -0.160. The molecule has 4 rings (SSSR count). The number of fused-ring (bicyclic) bond motifs is 3. The molecule has 0 radical (unpaired) electrons. The van der Waals surface area contributed by atoms with Crippen LogP contribution in [0.25, 0.3) is 0 Å². The first-order valence-corrected chi connectivity index (χ1v) is 7.57. The van der Waals surface area contributed by atoms with E-state index < -0.39 is 0 Å². The van der Waals surface area contributed by atoms with E-state index >= 15 is 0 Å².